The van der Waals surface area contributed by atoms with Gasteiger partial charge in [-0.25, -0.2) is 9.59 Å². The van der Waals surface area contributed by atoms with E-state index in [1.165, 1.54) is 11.8 Å². The third-order valence-electron chi connectivity index (χ3n) is 6.51. The summed E-state index contributed by atoms with van der Waals surface area (Å²) in [7, 11) is 0. The molecule has 3 heterocycles. The van der Waals surface area contributed by atoms with Crippen LogP contribution < -0.4 is 4.74 Å². The number of carbonyl (C=O) groups excluding carboxylic acids is 1. The minimum absolute atomic E-state index is 0.0567. The number of rotatable bonds is 5. The van der Waals surface area contributed by atoms with E-state index in [4.69, 9.17) is 16.3 Å². The fourth-order valence-electron chi connectivity index (χ4n) is 4.89. The highest BCUT2D eigenvalue weighted by molar-refractivity contribution is 6.30. The molecule has 1 aromatic heterocycles. The number of fused-ring (bicyclic) bond motifs is 1. The SMILES string of the molecule is Cc1nn(C(=O)N2CC3CN(Cc4cccc(Oc5ccc(Cl)cc5)c4)CC3C2)cc1C(=O)O. The number of carbonyl (C=O) groups is 2. The highest BCUT2D eigenvalue weighted by atomic mass is 35.5. The Labute approximate surface area is 202 Å². The number of ether oxygens (including phenoxy) is 1. The molecule has 2 saturated heterocycles. The third kappa shape index (κ3) is 4.64. The van der Waals surface area contributed by atoms with Crippen LogP contribution in [0.5, 0.6) is 11.5 Å². The zero-order chi connectivity index (χ0) is 23.8. The zero-order valence-corrected chi connectivity index (χ0v) is 19.5. The standard InChI is InChI=1S/C25H25ClN4O4/c1-16-23(24(31)32)15-30(27-16)25(33)29-13-18-11-28(12-19(18)14-29)10-17-3-2-4-22(9-17)34-21-7-5-20(26)6-8-21/h2-9,15,18-19H,10-14H2,1H3,(H,31,32). The molecule has 2 fully saturated rings. The number of carboxylic acid groups (broad SMARTS) is 1. The molecule has 34 heavy (non-hydrogen) atoms. The number of aromatic nitrogens is 2. The van der Waals surface area contributed by atoms with Crippen LogP contribution >= 0.6 is 11.6 Å². The molecule has 2 aromatic carbocycles. The summed E-state index contributed by atoms with van der Waals surface area (Å²) < 4.78 is 7.11. The maximum absolute atomic E-state index is 12.8. The molecule has 176 valence electrons. The van der Waals surface area contributed by atoms with Gasteiger partial charge in [0, 0.05) is 37.7 Å². The van der Waals surface area contributed by atoms with E-state index >= 15 is 0 Å². The van der Waals surface area contributed by atoms with Crippen molar-refractivity contribution >= 4 is 23.6 Å². The van der Waals surface area contributed by atoms with E-state index in [-0.39, 0.29) is 11.6 Å². The van der Waals surface area contributed by atoms with Crippen LogP contribution in [0, 0.1) is 18.8 Å². The molecule has 0 radical (unpaired) electrons. The van der Waals surface area contributed by atoms with Crippen molar-refractivity contribution < 1.29 is 19.4 Å². The third-order valence-corrected chi connectivity index (χ3v) is 6.76. The van der Waals surface area contributed by atoms with Crippen LogP contribution in [0.3, 0.4) is 0 Å². The smallest absolute Gasteiger partial charge is 0.344 e. The maximum atomic E-state index is 12.8. The zero-order valence-electron chi connectivity index (χ0n) is 18.7. The van der Waals surface area contributed by atoms with E-state index in [2.05, 4.69) is 22.1 Å². The molecule has 2 unspecified atom stereocenters. The minimum atomic E-state index is -1.08. The van der Waals surface area contributed by atoms with E-state index in [1.807, 2.05) is 24.3 Å². The Balaban J connectivity index is 1.17. The lowest BCUT2D eigenvalue weighted by atomic mass is 10.0. The van der Waals surface area contributed by atoms with Crippen molar-refractivity contribution in [3.63, 3.8) is 0 Å². The van der Waals surface area contributed by atoms with E-state index in [0.29, 0.717) is 35.6 Å². The van der Waals surface area contributed by atoms with Crippen molar-refractivity contribution in [2.24, 2.45) is 11.8 Å². The number of aromatic carboxylic acids is 1. The fraction of sp³-hybridized carbons (Fsp3) is 0.320. The molecule has 5 rings (SSSR count). The first-order valence-electron chi connectivity index (χ1n) is 11.2. The molecule has 0 bridgehead atoms. The first-order chi connectivity index (χ1) is 16.4. The molecule has 8 nitrogen and oxygen atoms in total. The second kappa shape index (κ2) is 9.12. The van der Waals surface area contributed by atoms with Crippen LogP contribution in [-0.2, 0) is 6.54 Å². The molecular formula is C25H25ClN4O4. The molecule has 1 N–H and O–H groups in total. The summed E-state index contributed by atoms with van der Waals surface area (Å²) in [5.74, 6) is 1.24. The molecule has 0 spiro atoms. The number of benzene rings is 2. The summed E-state index contributed by atoms with van der Waals surface area (Å²) in [5.41, 5.74) is 1.57. The van der Waals surface area contributed by atoms with Gasteiger partial charge in [0.1, 0.15) is 17.1 Å². The maximum Gasteiger partial charge on any atom is 0.344 e. The fourth-order valence-corrected chi connectivity index (χ4v) is 5.02. The van der Waals surface area contributed by atoms with Crippen molar-refractivity contribution in [3.05, 3.63) is 76.6 Å². The quantitative estimate of drug-likeness (QED) is 0.583. The number of halogens is 1. The van der Waals surface area contributed by atoms with Gasteiger partial charge in [-0.15, -0.1) is 0 Å². The van der Waals surface area contributed by atoms with Crippen LogP contribution in [-0.4, -0.2) is 62.9 Å². The number of hydrogen-bond acceptors (Lipinski definition) is 5. The molecule has 0 saturated carbocycles. The van der Waals surface area contributed by atoms with Gasteiger partial charge in [-0.3, -0.25) is 4.90 Å². The van der Waals surface area contributed by atoms with Crippen molar-refractivity contribution in [2.45, 2.75) is 13.5 Å². The summed E-state index contributed by atoms with van der Waals surface area (Å²) in [4.78, 5) is 28.3. The van der Waals surface area contributed by atoms with Crippen molar-refractivity contribution in [2.75, 3.05) is 26.2 Å². The number of carboxylic acids is 1. The largest absolute Gasteiger partial charge is 0.478 e. The summed E-state index contributed by atoms with van der Waals surface area (Å²) in [6.07, 6.45) is 1.31. The molecule has 2 aliphatic rings. The topological polar surface area (TPSA) is 87.9 Å². The Bertz CT molecular complexity index is 1210. The first-order valence-corrected chi connectivity index (χ1v) is 11.6. The number of amides is 1. The monoisotopic (exact) mass is 480 g/mol. The van der Waals surface area contributed by atoms with Gasteiger partial charge >= 0.3 is 12.0 Å². The Morgan fingerprint density at radius 1 is 1.06 bits per heavy atom. The highest BCUT2D eigenvalue weighted by Gasteiger charge is 2.42. The first kappa shape index (κ1) is 22.4. The summed E-state index contributed by atoms with van der Waals surface area (Å²) in [6.45, 7) is 5.55. The van der Waals surface area contributed by atoms with E-state index in [9.17, 15) is 14.7 Å². The van der Waals surface area contributed by atoms with Crippen LogP contribution in [0.15, 0.2) is 54.7 Å². The van der Waals surface area contributed by atoms with E-state index in [1.54, 1.807) is 24.0 Å². The van der Waals surface area contributed by atoms with Gasteiger partial charge in [-0.2, -0.15) is 9.78 Å². The van der Waals surface area contributed by atoms with Gasteiger partial charge in [0.05, 0.1) is 11.9 Å². The molecule has 2 aliphatic heterocycles. The van der Waals surface area contributed by atoms with Crippen molar-refractivity contribution in [1.82, 2.24) is 19.6 Å². The number of nitrogens with zero attached hydrogens (tertiary/aromatic N) is 4. The summed E-state index contributed by atoms with van der Waals surface area (Å²) in [6, 6.07) is 15.1. The molecule has 9 heteroatoms. The lowest BCUT2D eigenvalue weighted by Gasteiger charge is -2.21. The second-order valence-electron chi connectivity index (χ2n) is 8.98. The number of hydrogen-bond donors (Lipinski definition) is 1. The van der Waals surface area contributed by atoms with Crippen LogP contribution in [0.4, 0.5) is 4.79 Å². The van der Waals surface area contributed by atoms with Crippen molar-refractivity contribution in [3.8, 4) is 11.5 Å². The second-order valence-corrected chi connectivity index (χ2v) is 9.42. The Kier molecular flexibility index (Phi) is 6.02. The molecular weight excluding hydrogens is 456 g/mol. The Morgan fingerprint density at radius 3 is 2.41 bits per heavy atom. The van der Waals surface area contributed by atoms with Gasteiger partial charge in [-0.05, 0) is 60.7 Å². The predicted molar refractivity (Wildman–Crippen MR) is 127 cm³/mol. The van der Waals surface area contributed by atoms with E-state index < -0.39 is 5.97 Å². The van der Waals surface area contributed by atoms with Gasteiger partial charge in [0.2, 0.25) is 0 Å². The number of likely N-dealkylation sites (tertiary alicyclic amines) is 2. The molecule has 1 amide bonds. The number of aryl methyl sites for hydroxylation is 1. The lowest BCUT2D eigenvalue weighted by Crippen LogP contribution is -2.36. The Hall–Kier alpha value is -3.36. The Morgan fingerprint density at radius 2 is 1.76 bits per heavy atom. The van der Waals surface area contributed by atoms with Crippen LogP contribution in [0.1, 0.15) is 21.6 Å². The van der Waals surface area contributed by atoms with Gasteiger partial charge < -0.3 is 14.7 Å². The normalized spacial score (nSPS) is 19.9. The van der Waals surface area contributed by atoms with Gasteiger partial charge in [-0.1, -0.05) is 23.7 Å². The minimum Gasteiger partial charge on any atom is -0.478 e. The van der Waals surface area contributed by atoms with Crippen LogP contribution in [0.25, 0.3) is 0 Å². The van der Waals surface area contributed by atoms with E-state index in [0.717, 1.165) is 35.8 Å². The average Bonchev–Trinajstić information content (AvgIpc) is 3.48. The average molecular weight is 481 g/mol. The van der Waals surface area contributed by atoms with Crippen LogP contribution in [0.2, 0.25) is 5.02 Å². The van der Waals surface area contributed by atoms with Gasteiger partial charge in [0.15, 0.2) is 0 Å². The lowest BCUT2D eigenvalue weighted by molar-refractivity contribution is 0.0696. The molecule has 3 aromatic rings. The highest BCUT2D eigenvalue weighted by Crippen LogP contribution is 2.33. The molecule has 2 atom stereocenters. The van der Waals surface area contributed by atoms with Gasteiger partial charge in [0.25, 0.3) is 0 Å². The summed E-state index contributed by atoms with van der Waals surface area (Å²) >= 11 is 5.94. The predicted octanol–water partition coefficient (Wildman–Crippen LogP) is 4.37. The molecule has 0 aliphatic carbocycles. The summed E-state index contributed by atoms with van der Waals surface area (Å²) in [5, 5.41) is 14.0. The van der Waals surface area contributed by atoms with Crippen molar-refractivity contribution in [1.29, 1.82) is 0 Å².